The van der Waals surface area contributed by atoms with E-state index in [1.165, 1.54) is 5.57 Å². The van der Waals surface area contributed by atoms with Gasteiger partial charge in [0.2, 0.25) is 0 Å². The number of hydrogen-bond acceptors (Lipinski definition) is 2. The van der Waals surface area contributed by atoms with Gasteiger partial charge < -0.3 is 9.47 Å². The quantitative estimate of drug-likeness (QED) is 0.663. The molecule has 0 heterocycles. The molecule has 0 bridgehead atoms. The van der Waals surface area contributed by atoms with Crippen molar-refractivity contribution in [3.05, 3.63) is 23.8 Å². The van der Waals surface area contributed by atoms with Crippen molar-refractivity contribution < 1.29 is 9.47 Å². The molecule has 0 N–H and O–H groups in total. The summed E-state index contributed by atoms with van der Waals surface area (Å²) >= 11 is 0. The van der Waals surface area contributed by atoms with Crippen LogP contribution in [0.15, 0.2) is 23.8 Å². The third kappa shape index (κ3) is 2.68. The van der Waals surface area contributed by atoms with Crippen LogP contribution >= 0.6 is 0 Å². The van der Waals surface area contributed by atoms with Gasteiger partial charge in [-0.2, -0.15) is 0 Å². The molecule has 0 aromatic rings. The molecule has 1 aliphatic rings. The smallest absolute Gasteiger partial charge is 0.0578 e. The third-order valence-electron chi connectivity index (χ3n) is 2.39. The van der Waals surface area contributed by atoms with Crippen molar-refractivity contribution in [1.29, 1.82) is 0 Å². The number of ether oxygens (including phenoxy) is 2. The monoisotopic (exact) mass is 182 g/mol. The Morgan fingerprint density at radius 2 is 1.92 bits per heavy atom. The molecule has 0 aromatic carbocycles. The highest BCUT2D eigenvalue weighted by molar-refractivity contribution is 5.25. The van der Waals surface area contributed by atoms with E-state index in [4.69, 9.17) is 9.47 Å². The van der Waals surface area contributed by atoms with E-state index in [9.17, 15) is 0 Å². The van der Waals surface area contributed by atoms with Crippen LogP contribution in [0.1, 0.15) is 13.3 Å². The molecule has 1 rings (SSSR count). The fourth-order valence-corrected chi connectivity index (χ4v) is 1.64. The topological polar surface area (TPSA) is 18.5 Å². The van der Waals surface area contributed by atoms with Crippen LogP contribution in [0.2, 0.25) is 0 Å². The first-order valence-electron chi connectivity index (χ1n) is 4.56. The average molecular weight is 182 g/mol. The zero-order valence-electron chi connectivity index (χ0n) is 8.67. The van der Waals surface area contributed by atoms with Crippen LogP contribution in [0, 0.1) is 5.41 Å². The molecule has 0 amide bonds. The second-order valence-electron chi connectivity index (χ2n) is 3.71. The van der Waals surface area contributed by atoms with Gasteiger partial charge in [-0.05, 0) is 13.3 Å². The van der Waals surface area contributed by atoms with E-state index in [-0.39, 0.29) is 5.41 Å². The van der Waals surface area contributed by atoms with Crippen molar-refractivity contribution >= 4 is 0 Å². The average Bonchev–Trinajstić information content (AvgIpc) is 2.11. The van der Waals surface area contributed by atoms with Gasteiger partial charge in [-0.3, -0.25) is 0 Å². The Hall–Kier alpha value is -0.600. The summed E-state index contributed by atoms with van der Waals surface area (Å²) < 4.78 is 10.4. The van der Waals surface area contributed by atoms with E-state index in [0.29, 0.717) is 0 Å². The van der Waals surface area contributed by atoms with Crippen molar-refractivity contribution in [3.63, 3.8) is 0 Å². The van der Waals surface area contributed by atoms with Crippen molar-refractivity contribution in [2.45, 2.75) is 13.3 Å². The molecular formula is C11H18O2. The molecule has 0 aromatic heterocycles. The van der Waals surface area contributed by atoms with Crippen LogP contribution in [0.25, 0.3) is 0 Å². The first-order chi connectivity index (χ1) is 6.22. The van der Waals surface area contributed by atoms with E-state index >= 15 is 0 Å². The summed E-state index contributed by atoms with van der Waals surface area (Å²) in [4.78, 5) is 0. The van der Waals surface area contributed by atoms with E-state index in [0.717, 1.165) is 19.6 Å². The normalized spacial score (nSPS) is 20.1. The second kappa shape index (κ2) is 4.58. The van der Waals surface area contributed by atoms with Crippen LogP contribution in [0.4, 0.5) is 0 Å². The maximum Gasteiger partial charge on any atom is 0.0578 e. The van der Waals surface area contributed by atoms with Crippen molar-refractivity contribution in [2.75, 3.05) is 27.4 Å². The van der Waals surface area contributed by atoms with E-state index in [1.54, 1.807) is 14.2 Å². The zero-order valence-corrected chi connectivity index (χ0v) is 8.67. The molecular weight excluding hydrogens is 164 g/mol. The second-order valence-corrected chi connectivity index (χ2v) is 3.71. The Kier molecular flexibility index (Phi) is 3.70. The highest BCUT2D eigenvalue weighted by Crippen LogP contribution is 2.30. The lowest BCUT2D eigenvalue weighted by atomic mass is 9.81. The Labute approximate surface area is 80.2 Å². The van der Waals surface area contributed by atoms with E-state index < -0.39 is 0 Å². The van der Waals surface area contributed by atoms with Gasteiger partial charge in [-0.15, -0.1) is 0 Å². The van der Waals surface area contributed by atoms with E-state index in [2.05, 4.69) is 25.2 Å². The first kappa shape index (κ1) is 10.5. The van der Waals surface area contributed by atoms with Crippen molar-refractivity contribution in [3.8, 4) is 0 Å². The maximum atomic E-state index is 5.21. The van der Waals surface area contributed by atoms with Gasteiger partial charge in [-0.25, -0.2) is 0 Å². The number of methoxy groups -OCH3 is 2. The van der Waals surface area contributed by atoms with Crippen LogP contribution in [-0.2, 0) is 9.47 Å². The molecule has 0 aliphatic heterocycles. The molecule has 0 saturated carbocycles. The summed E-state index contributed by atoms with van der Waals surface area (Å²) in [7, 11) is 3.47. The minimum absolute atomic E-state index is 0.0585. The minimum Gasteiger partial charge on any atom is -0.384 e. The number of hydrogen-bond donors (Lipinski definition) is 0. The van der Waals surface area contributed by atoms with Gasteiger partial charge in [0.05, 0.1) is 13.2 Å². The fourth-order valence-electron chi connectivity index (χ4n) is 1.64. The number of rotatable bonds is 4. The van der Waals surface area contributed by atoms with Gasteiger partial charge in [0.15, 0.2) is 0 Å². The van der Waals surface area contributed by atoms with Gasteiger partial charge in [0, 0.05) is 19.6 Å². The number of allylic oxidation sites excluding steroid dienone is 3. The Morgan fingerprint density at radius 3 is 2.31 bits per heavy atom. The standard InChI is InChI=1S/C11H18O2/c1-10-4-6-11(7-5-10,8-12-2)9-13-3/h4-6H,7-9H2,1-3H3. The molecule has 0 fully saturated rings. The van der Waals surface area contributed by atoms with E-state index in [1.807, 2.05) is 0 Å². The molecule has 1 aliphatic carbocycles. The maximum absolute atomic E-state index is 5.21. The minimum atomic E-state index is 0.0585. The first-order valence-corrected chi connectivity index (χ1v) is 4.56. The molecule has 2 nitrogen and oxygen atoms in total. The van der Waals surface area contributed by atoms with Crippen LogP contribution in [0.5, 0.6) is 0 Å². The summed E-state index contributed by atoms with van der Waals surface area (Å²) in [5.74, 6) is 0. The fraction of sp³-hybridized carbons (Fsp3) is 0.636. The Balaban J connectivity index is 2.65. The zero-order chi connectivity index (χ0) is 9.73. The molecule has 74 valence electrons. The van der Waals surface area contributed by atoms with Crippen LogP contribution < -0.4 is 0 Å². The van der Waals surface area contributed by atoms with Crippen LogP contribution in [-0.4, -0.2) is 27.4 Å². The molecule has 0 spiro atoms. The van der Waals surface area contributed by atoms with Crippen molar-refractivity contribution in [2.24, 2.45) is 5.41 Å². The lowest BCUT2D eigenvalue weighted by Gasteiger charge is -2.30. The summed E-state index contributed by atoms with van der Waals surface area (Å²) in [6, 6.07) is 0. The van der Waals surface area contributed by atoms with Gasteiger partial charge in [0.25, 0.3) is 0 Å². The third-order valence-corrected chi connectivity index (χ3v) is 2.39. The highest BCUT2D eigenvalue weighted by Gasteiger charge is 2.27. The molecule has 0 atom stereocenters. The summed E-state index contributed by atoms with van der Waals surface area (Å²) in [6.45, 7) is 3.56. The molecule has 2 heteroatoms. The summed E-state index contributed by atoms with van der Waals surface area (Å²) in [5, 5.41) is 0. The predicted octanol–water partition coefficient (Wildman–Crippen LogP) is 2.17. The Morgan fingerprint density at radius 1 is 1.31 bits per heavy atom. The Bertz CT molecular complexity index is 210. The molecule has 0 radical (unpaired) electrons. The highest BCUT2D eigenvalue weighted by atomic mass is 16.5. The van der Waals surface area contributed by atoms with Gasteiger partial charge in [0.1, 0.15) is 0 Å². The SMILES string of the molecule is COCC1(COC)C=CC(C)=CC1. The van der Waals surface area contributed by atoms with Gasteiger partial charge >= 0.3 is 0 Å². The summed E-state index contributed by atoms with van der Waals surface area (Å²) in [6.07, 6.45) is 7.59. The van der Waals surface area contributed by atoms with Crippen LogP contribution in [0.3, 0.4) is 0 Å². The molecule has 13 heavy (non-hydrogen) atoms. The predicted molar refractivity (Wildman–Crippen MR) is 53.7 cm³/mol. The van der Waals surface area contributed by atoms with Crippen molar-refractivity contribution in [1.82, 2.24) is 0 Å². The lowest BCUT2D eigenvalue weighted by molar-refractivity contribution is 0.0415. The lowest BCUT2D eigenvalue weighted by Crippen LogP contribution is -2.30. The van der Waals surface area contributed by atoms with Gasteiger partial charge in [-0.1, -0.05) is 23.8 Å². The molecule has 0 unspecified atom stereocenters. The molecule has 0 saturated heterocycles. The summed E-state index contributed by atoms with van der Waals surface area (Å²) in [5.41, 5.74) is 1.38. The largest absolute Gasteiger partial charge is 0.384 e.